The SMILES string of the molecule is CCN(CC)C(=O)CCCC(=O)Nc1nc2c(C)cc(C)cc2s1. The highest BCUT2D eigenvalue weighted by Crippen LogP contribution is 2.29. The Bertz CT molecular complexity index is 735. The van der Waals surface area contributed by atoms with Crippen molar-refractivity contribution in [2.75, 3.05) is 18.4 Å². The lowest BCUT2D eigenvalue weighted by Crippen LogP contribution is -2.30. The minimum absolute atomic E-state index is 0.0872. The molecule has 1 aromatic carbocycles. The van der Waals surface area contributed by atoms with Gasteiger partial charge in [0.2, 0.25) is 11.8 Å². The molecule has 0 aliphatic carbocycles. The quantitative estimate of drug-likeness (QED) is 0.826. The zero-order chi connectivity index (χ0) is 17.7. The molecule has 24 heavy (non-hydrogen) atoms. The van der Waals surface area contributed by atoms with Gasteiger partial charge in [-0.05, 0) is 51.3 Å². The second kappa shape index (κ2) is 8.24. The van der Waals surface area contributed by atoms with E-state index in [4.69, 9.17) is 0 Å². The number of nitrogens with one attached hydrogen (secondary N) is 1. The first-order valence-corrected chi connectivity index (χ1v) is 9.21. The van der Waals surface area contributed by atoms with Crippen LogP contribution in [0.2, 0.25) is 0 Å². The van der Waals surface area contributed by atoms with E-state index < -0.39 is 0 Å². The summed E-state index contributed by atoms with van der Waals surface area (Å²) in [5.41, 5.74) is 3.25. The van der Waals surface area contributed by atoms with Crippen LogP contribution in [0.25, 0.3) is 10.2 Å². The van der Waals surface area contributed by atoms with Gasteiger partial charge in [0.1, 0.15) is 0 Å². The highest BCUT2D eigenvalue weighted by molar-refractivity contribution is 7.22. The minimum Gasteiger partial charge on any atom is -0.343 e. The molecule has 0 radical (unpaired) electrons. The normalized spacial score (nSPS) is 10.8. The Morgan fingerprint density at radius 2 is 1.88 bits per heavy atom. The van der Waals surface area contributed by atoms with E-state index in [2.05, 4.69) is 29.4 Å². The summed E-state index contributed by atoms with van der Waals surface area (Å²) in [5, 5.41) is 3.48. The third-order valence-corrected chi connectivity index (χ3v) is 4.90. The van der Waals surface area contributed by atoms with Gasteiger partial charge in [0.05, 0.1) is 10.2 Å². The van der Waals surface area contributed by atoms with E-state index in [-0.39, 0.29) is 11.8 Å². The largest absolute Gasteiger partial charge is 0.343 e. The van der Waals surface area contributed by atoms with Gasteiger partial charge in [-0.1, -0.05) is 17.4 Å². The molecule has 1 aromatic heterocycles. The van der Waals surface area contributed by atoms with Gasteiger partial charge in [0.15, 0.2) is 5.13 Å². The number of fused-ring (bicyclic) bond motifs is 1. The number of hydrogen-bond donors (Lipinski definition) is 1. The average molecular weight is 347 g/mol. The van der Waals surface area contributed by atoms with E-state index in [1.54, 1.807) is 4.90 Å². The molecule has 0 unspecified atom stereocenters. The fourth-order valence-electron chi connectivity index (χ4n) is 2.74. The van der Waals surface area contributed by atoms with Crippen LogP contribution in [0, 0.1) is 13.8 Å². The number of hydrogen-bond acceptors (Lipinski definition) is 4. The molecular weight excluding hydrogens is 322 g/mol. The summed E-state index contributed by atoms with van der Waals surface area (Å²) in [7, 11) is 0. The molecule has 130 valence electrons. The summed E-state index contributed by atoms with van der Waals surface area (Å²) in [6.07, 6.45) is 1.30. The Morgan fingerprint density at radius 1 is 1.17 bits per heavy atom. The topological polar surface area (TPSA) is 62.3 Å². The van der Waals surface area contributed by atoms with Crippen LogP contribution in [0.1, 0.15) is 44.2 Å². The van der Waals surface area contributed by atoms with E-state index in [1.807, 2.05) is 20.8 Å². The highest BCUT2D eigenvalue weighted by atomic mass is 32.1. The van der Waals surface area contributed by atoms with Crippen LogP contribution in [-0.4, -0.2) is 34.8 Å². The van der Waals surface area contributed by atoms with Gasteiger partial charge in [-0.3, -0.25) is 9.59 Å². The number of anilines is 1. The monoisotopic (exact) mass is 347 g/mol. The van der Waals surface area contributed by atoms with E-state index in [9.17, 15) is 9.59 Å². The van der Waals surface area contributed by atoms with E-state index >= 15 is 0 Å². The van der Waals surface area contributed by atoms with E-state index in [0.717, 1.165) is 15.8 Å². The van der Waals surface area contributed by atoms with Crippen molar-refractivity contribution < 1.29 is 9.59 Å². The van der Waals surface area contributed by atoms with Crippen LogP contribution in [0.4, 0.5) is 5.13 Å². The summed E-state index contributed by atoms with van der Waals surface area (Å²) < 4.78 is 1.08. The molecule has 5 nitrogen and oxygen atoms in total. The van der Waals surface area contributed by atoms with Crippen molar-refractivity contribution in [1.82, 2.24) is 9.88 Å². The summed E-state index contributed by atoms with van der Waals surface area (Å²) >= 11 is 1.49. The fourth-order valence-corrected chi connectivity index (χ4v) is 3.80. The summed E-state index contributed by atoms with van der Waals surface area (Å²) in [5.74, 6) is 0.0228. The van der Waals surface area contributed by atoms with Crippen molar-refractivity contribution in [1.29, 1.82) is 0 Å². The number of nitrogens with zero attached hydrogens (tertiary/aromatic N) is 2. The first-order chi connectivity index (χ1) is 11.4. The number of rotatable bonds is 7. The molecule has 0 fully saturated rings. The first kappa shape index (κ1) is 18.4. The van der Waals surface area contributed by atoms with Crippen molar-refractivity contribution in [3.8, 4) is 0 Å². The predicted molar refractivity (Wildman–Crippen MR) is 99.5 cm³/mol. The van der Waals surface area contributed by atoms with E-state index in [1.165, 1.54) is 16.9 Å². The molecule has 1 N–H and O–H groups in total. The Morgan fingerprint density at radius 3 is 2.54 bits per heavy atom. The van der Waals surface area contributed by atoms with Crippen molar-refractivity contribution in [2.24, 2.45) is 0 Å². The summed E-state index contributed by atoms with van der Waals surface area (Å²) in [6, 6.07) is 4.17. The zero-order valence-electron chi connectivity index (χ0n) is 14.8. The maximum absolute atomic E-state index is 12.1. The number of carbonyl (C=O) groups is 2. The van der Waals surface area contributed by atoms with Crippen LogP contribution < -0.4 is 5.32 Å². The zero-order valence-corrected chi connectivity index (χ0v) is 15.6. The molecule has 0 aliphatic rings. The van der Waals surface area contributed by atoms with Crippen LogP contribution in [0.15, 0.2) is 12.1 Å². The third-order valence-electron chi connectivity index (χ3n) is 3.99. The van der Waals surface area contributed by atoms with Gasteiger partial charge < -0.3 is 10.2 Å². The van der Waals surface area contributed by atoms with Gasteiger partial charge in [0.25, 0.3) is 0 Å². The third kappa shape index (κ3) is 4.54. The molecule has 0 atom stereocenters. The summed E-state index contributed by atoms with van der Waals surface area (Å²) in [6.45, 7) is 9.44. The molecule has 2 amide bonds. The molecule has 0 saturated carbocycles. The number of thiazole rings is 1. The number of benzene rings is 1. The molecular formula is C18H25N3O2S. The Labute approximate surface area is 147 Å². The number of aryl methyl sites for hydroxylation is 2. The van der Waals surface area contributed by atoms with Gasteiger partial charge in [-0.2, -0.15) is 0 Å². The van der Waals surface area contributed by atoms with Crippen LogP contribution in [-0.2, 0) is 9.59 Å². The highest BCUT2D eigenvalue weighted by Gasteiger charge is 2.12. The smallest absolute Gasteiger partial charge is 0.226 e. The number of aromatic nitrogens is 1. The van der Waals surface area contributed by atoms with Crippen LogP contribution in [0.5, 0.6) is 0 Å². The molecule has 6 heteroatoms. The number of amides is 2. The van der Waals surface area contributed by atoms with Gasteiger partial charge in [0, 0.05) is 25.9 Å². The molecule has 0 bridgehead atoms. The van der Waals surface area contributed by atoms with Crippen molar-refractivity contribution in [2.45, 2.75) is 47.0 Å². The number of carbonyl (C=O) groups excluding carboxylic acids is 2. The van der Waals surface area contributed by atoms with Crippen molar-refractivity contribution in [3.05, 3.63) is 23.3 Å². The van der Waals surface area contributed by atoms with Crippen LogP contribution in [0.3, 0.4) is 0 Å². The molecule has 0 spiro atoms. The molecule has 2 aromatic rings. The van der Waals surface area contributed by atoms with Crippen molar-refractivity contribution >= 4 is 38.5 Å². The van der Waals surface area contributed by atoms with E-state index in [0.29, 0.717) is 37.5 Å². The fraction of sp³-hybridized carbons (Fsp3) is 0.500. The molecule has 0 saturated heterocycles. The standard InChI is InChI=1S/C18H25N3O2S/c1-5-21(6-2)16(23)9-7-8-15(22)19-18-20-17-13(4)10-12(3)11-14(17)24-18/h10-11H,5-9H2,1-4H3,(H,19,20,22). The van der Waals surface area contributed by atoms with Crippen LogP contribution >= 0.6 is 11.3 Å². The average Bonchev–Trinajstić information content (AvgIpc) is 2.91. The molecule has 2 rings (SSSR count). The second-order valence-electron chi connectivity index (χ2n) is 5.92. The second-order valence-corrected chi connectivity index (χ2v) is 6.95. The Hall–Kier alpha value is -1.95. The predicted octanol–water partition coefficient (Wildman–Crippen LogP) is 3.89. The Balaban J connectivity index is 1.89. The molecule has 0 aliphatic heterocycles. The Kier molecular flexibility index (Phi) is 6.31. The van der Waals surface area contributed by atoms with Crippen molar-refractivity contribution in [3.63, 3.8) is 0 Å². The lowest BCUT2D eigenvalue weighted by molar-refractivity contribution is -0.130. The van der Waals surface area contributed by atoms with Gasteiger partial charge in [-0.15, -0.1) is 0 Å². The lowest BCUT2D eigenvalue weighted by atomic mass is 10.1. The maximum Gasteiger partial charge on any atom is 0.226 e. The first-order valence-electron chi connectivity index (χ1n) is 8.40. The molecule has 1 heterocycles. The maximum atomic E-state index is 12.1. The van der Waals surface area contributed by atoms with Gasteiger partial charge >= 0.3 is 0 Å². The van der Waals surface area contributed by atoms with Gasteiger partial charge in [-0.25, -0.2) is 4.98 Å². The minimum atomic E-state index is -0.0872. The lowest BCUT2D eigenvalue weighted by Gasteiger charge is -2.18. The summed E-state index contributed by atoms with van der Waals surface area (Å²) in [4.78, 5) is 30.3.